The SMILES string of the molecule is Cc1nc(C2(O)CCCSC2C)cs1. The van der Waals surface area contributed by atoms with E-state index >= 15 is 0 Å². The molecule has 0 aromatic carbocycles. The fourth-order valence-corrected chi connectivity index (χ4v) is 3.71. The Hall–Kier alpha value is -0.0600. The second-order valence-electron chi connectivity index (χ2n) is 3.79. The third-order valence-corrected chi connectivity index (χ3v) is 4.99. The summed E-state index contributed by atoms with van der Waals surface area (Å²) in [5, 5.41) is 13.8. The number of hydrogen-bond acceptors (Lipinski definition) is 4. The Bertz CT molecular complexity index is 326. The molecule has 1 aliphatic rings. The van der Waals surface area contributed by atoms with Gasteiger partial charge in [-0.3, -0.25) is 0 Å². The van der Waals surface area contributed by atoms with E-state index in [-0.39, 0.29) is 5.25 Å². The third kappa shape index (κ3) is 1.71. The molecule has 1 aliphatic heterocycles. The van der Waals surface area contributed by atoms with Crippen LogP contribution in [0.25, 0.3) is 0 Å². The van der Waals surface area contributed by atoms with Crippen LogP contribution in [0.15, 0.2) is 5.38 Å². The number of thiazole rings is 1. The molecule has 2 unspecified atom stereocenters. The number of hydrogen-bond donors (Lipinski definition) is 1. The zero-order chi connectivity index (χ0) is 10.2. The van der Waals surface area contributed by atoms with Crippen LogP contribution >= 0.6 is 23.1 Å². The van der Waals surface area contributed by atoms with Crippen molar-refractivity contribution in [1.29, 1.82) is 0 Å². The molecule has 2 rings (SSSR count). The first-order valence-electron chi connectivity index (χ1n) is 4.89. The minimum absolute atomic E-state index is 0.262. The molecular weight excluding hydrogens is 214 g/mol. The molecule has 0 aliphatic carbocycles. The lowest BCUT2D eigenvalue weighted by Gasteiger charge is -2.36. The lowest BCUT2D eigenvalue weighted by Crippen LogP contribution is -2.39. The van der Waals surface area contributed by atoms with Crippen LogP contribution in [0.3, 0.4) is 0 Å². The van der Waals surface area contributed by atoms with Crippen molar-refractivity contribution < 1.29 is 5.11 Å². The number of nitrogens with zero attached hydrogens (tertiary/aromatic N) is 1. The molecular formula is C10H15NOS2. The number of aliphatic hydroxyl groups is 1. The predicted molar refractivity (Wildman–Crippen MR) is 61.9 cm³/mol. The number of aromatic nitrogens is 1. The highest BCUT2D eigenvalue weighted by molar-refractivity contribution is 8.00. The van der Waals surface area contributed by atoms with E-state index in [9.17, 15) is 5.11 Å². The van der Waals surface area contributed by atoms with Crippen molar-refractivity contribution in [3.05, 3.63) is 16.1 Å². The highest BCUT2D eigenvalue weighted by atomic mass is 32.2. The molecule has 78 valence electrons. The Morgan fingerprint density at radius 3 is 3.00 bits per heavy atom. The van der Waals surface area contributed by atoms with Gasteiger partial charge in [-0.25, -0.2) is 4.98 Å². The smallest absolute Gasteiger partial charge is 0.119 e. The topological polar surface area (TPSA) is 33.1 Å². The Morgan fingerprint density at radius 2 is 2.43 bits per heavy atom. The van der Waals surface area contributed by atoms with Gasteiger partial charge in [-0.2, -0.15) is 11.8 Å². The number of rotatable bonds is 1. The van der Waals surface area contributed by atoms with Crippen molar-refractivity contribution in [1.82, 2.24) is 4.98 Å². The molecule has 14 heavy (non-hydrogen) atoms. The summed E-state index contributed by atoms with van der Waals surface area (Å²) in [5.41, 5.74) is 0.188. The summed E-state index contributed by atoms with van der Waals surface area (Å²) in [7, 11) is 0. The first-order chi connectivity index (χ1) is 6.63. The average Bonchev–Trinajstić information content (AvgIpc) is 2.58. The zero-order valence-electron chi connectivity index (χ0n) is 8.49. The van der Waals surface area contributed by atoms with Gasteiger partial charge in [-0.05, 0) is 25.5 Å². The van der Waals surface area contributed by atoms with Crippen LogP contribution in [0.2, 0.25) is 0 Å². The minimum atomic E-state index is -0.687. The van der Waals surface area contributed by atoms with E-state index in [1.807, 2.05) is 24.1 Å². The molecule has 1 N–H and O–H groups in total. The van der Waals surface area contributed by atoms with Crippen LogP contribution in [0, 0.1) is 6.92 Å². The van der Waals surface area contributed by atoms with Crippen LogP contribution in [-0.2, 0) is 5.60 Å². The second-order valence-corrected chi connectivity index (χ2v) is 6.30. The Kier molecular flexibility index (Phi) is 2.86. The summed E-state index contributed by atoms with van der Waals surface area (Å²) in [5.74, 6) is 1.16. The van der Waals surface area contributed by atoms with Gasteiger partial charge in [0.15, 0.2) is 0 Å². The minimum Gasteiger partial charge on any atom is -0.382 e. The van der Waals surface area contributed by atoms with Gasteiger partial charge in [-0.1, -0.05) is 6.92 Å². The fourth-order valence-electron chi connectivity index (χ4n) is 1.84. The van der Waals surface area contributed by atoms with Gasteiger partial charge < -0.3 is 5.11 Å². The normalized spacial score (nSPS) is 33.2. The number of thioether (sulfide) groups is 1. The van der Waals surface area contributed by atoms with Gasteiger partial charge >= 0.3 is 0 Å². The van der Waals surface area contributed by atoms with Gasteiger partial charge in [0.1, 0.15) is 5.60 Å². The van der Waals surface area contributed by atoms with Crippen molar-refractivity contribution in [2.24, 2.45) is 0 Å². The summed E-state index contributed by atoms with van der Waals surface area (Å²) < 4.78 is 0. The van der Waals surface area contributed by atoms with E-state index < -0.39 is 5.60 Å². The lowest BCUT2D eigenvalue weighted by molar-refractivity contribution is 0.0216. The molecule has 0 bridgehead atoms. The third-order valence-electron chi connectivity index (χ3n) is 2.81. The highest BCUT2D eigenvalue weighted by Crippen LogP contribution is 2.41. The largest absolute Gasteiger partial charge is 0.382 e. The maximum Gasteiger partial charge on any atom is 0.119 e. The molecule has 4 heteroatoms. The maximum absolute atomic E-state index is 10.5. The van der Waals surface area contributed by atoms with E-state index in [0.717, 1.165) is 29.3 Å². The molecule has 1 aromatic heterocycles. The predicted octanol–water partition coefficient (Wildman–Crippen LogP) is 2.55. The van der Waals surface area contributed by atoms with Crippen molar-refractivity contribution >= 4 is 23.1 Å². The highest BCUT2D eigenvalue weighted by Gasteiger charge is 2.40. The van der Waals surface area contributed by atoms with E-state index in [0.29, 0.717) is 0 Å². The lowest BCUT2D eigenvalue weighted by atomic mass is 9.91. The van der Waals surface area contributed by atoms with Gasteiger partial charge in [-0.15, -0.1) is 11.3 Å². The van der Waals surface area contributed by atoms with Crippen molar-refractivity contribution in [2.75, 3.05) is 5.75 Å². The first-order valence-corrected chi connectivity index (χ1v) is 6.82. The molecule has 0 amide bonds. The molecule has 0 radical (unpaired) electrons. The monoisotopic (exact) mass is 229 g/mol. The van der Waals surface area contributed by atoms with Crippen LogP contribution in [0.4, 0.5) is 0 Å². The molecule has 1 saturated heterocycles. The van der Waals surface area contributed by atoms with Crippen LogP contribution < -0.4 is 0 Å². The Morgan fingerprint density at radius 1 is 1.64 bits per heavy atom. The maximum atomic E-state index is 10.5. The van der Waals surface area contributed by atoms with Gasteiger partial charge in [0.2, 0.25) is 0 Å². The van der Waals surface area contributed by atoms with Crippen molar-refractivity contribution in [3.8, 4) is 0 Å². The van der Waals surface area contributed by atoms with Crippen LogP contribution in [0.5, 0.6) is 0 Å². The quantitative estimate of drug-likeness (QED) is 0.803. The standard InChI is InChI=1S/C10H15NOS2/c1-7-10(12,4-3-5-13-7)9-6-14-8(2)11-9/h6-7,12H,3-5H2,1-2H3. The summed E-state index contributed by atoms with van der Waals surface area (Å²) in [6, 6.07) is 0. The zero-order valence-corrected chi connectivity index (χ0v) is 10.1. The van der Waals surface area contributed by atoms with E-state index in [2.05, 4.69) is 11.9 Å². The van der Waals surface area contributed by atoms with Gasteiger partial charge in [0.05, 0.1) is 10.7 Å². The average molecular weight is 229 g/mol. The van der Waals surface area contributed by atoms with E-state index in [4.69, 9.17) is 0 Å². The number of aryl methyl sites for hydroxylation is 1. The molecule has 0 saturated carbocycles. The fraction of sp³-hybridized carbons (Fsp3) is 0.700. The molecule has 2 nitrogen and oxygen atoms in total. The first kappa shape index (κ1) is 10.5. The molecule has 1 fully saturated rings. The van der Waals surface area contributed by atoms with Crippen molar-refractivity contribution in [3.63, 3.8) is 0 Å². The van der Waals surface area contributed by atoms with Crippen LogP contribution in [-0.4, -0.2) is 21.1 Å². The van der Waals surface area contributed by atoms with Gasteiger partial charge in [0, 0.05) is 10.6 Å². The summed E-state index contributed by atoms with van der Waals surface area (Å²) in [6.45, 7) is 4.08. The molecule has 0 spiro atoms. The summed E-state index contributed by atoms with van der Waals surface area (Å²) in [6.07, 6.45) is 1.94. The molecule has 2 heterocycles. The summed E-state index contributed by atoms with van der Waals surface area (Å²) >= 11 is 3.46. The van der Waals surface area contributed by atoms with Gasteiger partial charge in [0.25, 0.3) is 0 Å². The molecule has 1 aromatic rings. The van der Waals surface area contributed by atoms with E-state index in [1.54, 1.807) is 11.3 Å². The van der Waals surface area contributed by atoms with Crippen molar-refractivity contribution in [2.45, 2.75) is 37.5 Å². The Labute approximate surface area is 92.8 Å². The molecule has 2 atom stereocenters. The van der Waals surface area contributed by atoms with Crippen LogP contribution in [0.1, 0.15) is 30.5 Å². The summed E-state index contributed by atoms with van der Waals surface area (Å²) in [4.78, 5) is 4.41. The Balaban J connectivity index is 2.29. The second kappa shape index (κ2) is 3.83. The van der Waals surface area contributed by atoms with E-state index in [1.165, 1.54) is 0 Å².